The molecule has 5 nitrogen and oxygen atoms in total. The number of carbonyl (C=O) groups excluding carboxylic acids is 1. The quantitative estimate of drug-likeness (QED) is 0.418. The fraction of sp³-hybridized carbons (Fsp3) is 0.909. The Morgan fingerprint density at radius 3 is 2.56 bits per heavy atom. The van der Waals surface area contributed by atoms with Crippen molar-refractivity contribution in [3.63, 3.8) is 0 Å². The molecule has 0 aromatic heterocycles. The maximum Gasteiger partial charge on any atom is 0.306 e. The van der Waals surface area contributed by atoms with E-state index in [1.54, 1.807) is 7.11 Å². The van der Waals surface area contributed by atoms with Crippen molar-refractivity contribution in [1.82, 2.24) is 5.32 Å². The number of hydrogen-bond donors (Lipinski definition) is 1. The van der Waals surface area contributed by atoms with Crippen molar-refractivity contribution in [1.29, 1.82) is 0 Å². The highest BCUT2D eigenvalue weighted by molar-refractivity contribution is 5.69. The molecule has 0 saturated carbocycles. The number of methoxy groups -OCH3 is 2. The Labute approximate surface area is 97.4 Å². The molecule has 0 aromatic carbocycles. The van der Waals surface area contributed by atoms with E-state index in [1.165, 1.54) is 7.11 Å². The first-order valence-electron chi connectivity index (χ1n) is 5.65. The molecule has 16 heavy (non-hydrogen) atoms. The lowest BCUT2D eigenvalue weighted by molar-refractivity contribution is -0.140. The molecule has 0 atom stereocenters. The average molecular weight is 233 g/mol. The molecule has 1 N–H and O–H groups in total. The number of ether oxygens (including phenoxy) is 3. The van der Waals surface area contributed by atoms with Crippen molar-refractivity contribution in [3.05, 3.63) is 0 Å². The van der Waals surface area contributed by atoms with Gasteiger partial charge in [0.1, 0.15) is 0 Å². The summed E-state index contributed by atoms with van der Waals surface area (Å²) in [5.74, 6) is -0.171. The van der Waals surface area contributed by atoms with E-state index in [0.717, 1.165) is 26.0 Å². The van der Waals surface area contributed by atoms with Crippen LogP contribution in [0.4, 0.5) is 0 Å². The second-order valence-corrected chi connectivity index (χ2v) is 3.39. The Bertz CT molecular complexity index is 164. The summed E-state index contributed by atoms with van der Waals surface area (Å²) in [5.41, 5.74) is 0. The third-order valence-electron chi connectivity index (χ3n) is 2.06. The molecule has 0 fully saturated rings. The maximum absolute atomic E-state index is 10.8. The molecular weight excluding hydrogens is 210 g/mol. The highest BCUT2D eigenvalue weighted by Gasteiger charge is 1.97. The van der Waals surface area contributed by atoms with Crippen molar-refractivity contribution in [3.8, 4) is 0 Å². The minimum Gasteiger partial charge on any atom is -0.469 e. The monoisotopic (exact) mass is 233 g/mol. The Kier molecular flexibility index (Phi) is 11.9. The number of hydrogen-bond acceptors (Lipinski definition) is 5. The zero-order valence-corrected chi connectivity index (χ0v) is 10.3. The van der Waals surface area contributed by atoms with Gasteiger partial charge in [0.15, 0.2) is 0 Å². The van der Waals surface area contributed by atoms with Gasteiger partial charge < -0.3 is 19.5 Å². The predicted octanol–water partition coefficient (Wildman–Crippen LogP) is 0.582. The molecule has 0 radical (unpaired) electrons. The zero-order valence-electron chi connectivity index (χ0n) is 10.3. The van der Waals surface area contributed by atoms with Gasteiger partial charge in [-0.15, -0.1) is 0 Å². The molecule has 0 amide bonds. The Hall–Kier alpha value is -0.650. The first-order valence-corrected chi connectivity index (χ1v) is 5.65. The number of esters is 1. The lowest BCUT2D eigenvalue weighted by atomic mass is 10.3. The minimum atomic E-state index is -0.171. The molecule has 0 spiro atoms. The number of nitrogens with one attached hydrogen (secondary N) is 1. The van der Waals surface area contributed by atoms with Gasteiger partial charge in [0.05, 0.1) is 26.7 Å². The highest BCUT2D eigenvalue weighted by atomic mass is 16.5. The van der Waals surface area contributed by atoms with Crippen LogP contribution in [0.2, 0.25) is 0 Å². The van der Waals surface area contributed by atoms with Gasteiger partial charge in [-0.1, -0.05) is 0 Å². The second-order valence-electron chi connectivity index (χ2n) is 3.39. The van der Waals surface area contributed by atoms with Crippen LogP contribution in [0.5, 0.6) is 0 Å². The standard InChI is InChI=1S/C11H23NO4/c1-14-9-10-16-8-4-3-6-12-7-5-11(13)15-2/h12H,3-10H2,1-2H3. The Morgan fingerprint density at radius 1 is 1.06 bits per heavy atom. The SMILES string of the molecule is COCCOCCCCNCCC(=O)OC. The molecule has 0 saturated heterocycles. The Balaban J connectivity index is 2.96. The largest absolute Gasteiger partial charge is 0.469 e. The van der Waals surface area contributed by atoms with Crippen LogP contribution >= 0.6 is 0 Å². The van der Waals surface area contributed by atoms with Gasteiger partial charge >= 0.3 is 5.97 Å². The number of unbranched alkanes of at least 4 members (excludes halogenated alkanes) is 1. The average Bonchev–Trinajstić information content (AvgIpc) is 2.31. The molecule has 96 valence electrons. The van der Waals surface area contributed by atoms with Crippen molar-refractivity contribution < 1.29 is 19.0 Å². The molecule has 0 unspecified atom stereocenters. The van der Waals surface area contributed by atoms with Crippen molar-refractivity contribution in [2.24, 2.45) is 0 Å². The van der Waals surface area contributed by atoms with Gasteiger partial charge in [-0.25, -0.2) is 0 Å². The smallest absolute Gasteiger partial charge is 0.306 e. The van der Waals surface area contributed by atoms with Crippen LogP contribution in [0.25, 0.3) is 0 Å². The van der Waals surface area contributed by atoms with Crippen molar-refractivity contribution in [2.45, 2.75) is 19.3 Å². The fourth-order valence-electron chi connectivity index (χ4n) is 1.12. The van der Waals surface area contributed by atoms with E-state index in [1.807, 2.05) is 0 Å². The zero-order chi connectivity index (χ0) is 12.1. The third kappa shape index (κ3) is 11.4. The summed E-state index contributed by atoms with van der Waals surface area (Å²) in [6, 6.07) is 0. The summed E-state index contributed by atoms with van der Waals surface area (Å²) >= 11 is 0. The highest BCUT2D eigenvalue weighted by Crippen LogP contribution is 1.89. The van der Waals surface area contributed by atoms with E-state index < -0.39 is 0 Å². The van der Waals surface area contributed by atoms with E-state index in [9.17, 15) is 4.79 Å². The molecule has 0 heterocycles. The number of carbonyl (C=O) groups is 1. The minimum absolute atomic E-state index is 0.171. The Morgan fingerprint density at radius 2 is 1.88 bits per heavy atom. The van der Waals surface area contributed by atoms with Gasteiger partial charge in [0.2, 0.25) is 0 Å². The summed E-state index contributed by atoms with van der Waals surface area (Å²) in [4.78, 5) is 10.8. The molecule has 0 aliphatic carbocycles. The van der Waals surface area contributed by atoms with Crippen LogP contribution in [0.1, 0.15) is 19.3 Å². The van der Waals surface area contributed by atoms with Crippen LogP contribution < -0.4 is 5.32 Å². The van der Waals surface area contributed by atoms with Crippen LogP contribution in [0, 0.1) is 0 Å². The summed E-state index contributed by atoms with van der Waals surface area (Å²) in [6.45, 7) is 3.66. The second kappa shape index (κ2) is 12.4. The lowest BCUT2D eigenvalue weighted by Crippen LogP contribution is -2.20. The summed E-state index contributed by atoms with van der Waals surface area (Å²) in [6.07, 6.45) is 2.50. The lowest BCUT2D eigenvalue weighted by Gasteiger charge is -2.05. The first-order chi connectivity index (χ1) is 7.81. The predicted molar refractivity (Wildman–Crippen MR) is 61.4 cm³/mol. The molecule has 5 heteroatoms. The molecule has 0 aliphatic heterocycles. The number of rotatable bonds is 11. The van der Waals surface area contributed by atoms with Crippen LogP contribution in [0.15, 0.2) is 0 Å². The summed E-state index contributed by atoms with van der Waals surface area (Å²) in [7, 11) is 3.06. The van der Waals surface area contributed by atoms with E-state index in [4.69, 9.17) is 9.47 Å². The first kappa shape index (κ1) is 15.3. The van der Waals surface area contributed by atoms with Gasteiger partial charge in [-0.3, -0.25) is 4.79 Å². The molecule has 0 aliphatic rings. The molecule has 0 aromatic rings. The molecular formula is C11H23NO4. The maximum atomic E-state index is 10.8. The summed E-state index contributed by atoms with van der Waals surface area (Å²) < 4.78 is 14.7. The van der Waals surface area contributed by atoms with Crippen LogP contribution in [-0.2, 0) is 19.0 Å². The molecule has 0 bridgehead atoms. The third-order valence-corrected chi connectivity index (χ3v) is 2.06. The fourth-order valence-corrected chi connectivity index (χ4v) is 1.12. The van der Waals surface area contributed by atoms with Crippen molar-refractivity contribution in [2.75, 3.05) is 47.1 Å². The van der Waals surface area contributed by atoms with Gasteiger partial charge in [-0.2, -0.15) is 0 Å². The van der Waals surface area contributed by atoms with E-state index in [2.05, 4.69) is 10.1 Å². The van der Waals surface area contributed by atoms with Crippen LogP contribution in [-0.4, -0.2) is 53.1 Å². The van der Waals surface area contributed by atoms with E-state index in [0.29, 0.717) is 26.2 Å². The normalized spacial score (nSPS) is 10.4. The molecule has 0 rings (SSSR count). The van der Waals surface area contributed by atoms with Gasteiger partial charge in [-0.05, 0) is 19.4 Å². The van der Waals surface area contributed by atoms with E-state index in [-0.39, 0.29) is 5.97 Å². The summed E-state index contributed by atoms with van der Waals surface area (Å²) in [5, 5.41) is 3.17. The van der Waals surface area contributed by atoms with Gasteiger partial charge in [0.25, 0.3) is 0 Å². The van der Waals surface area contributed by atoms with Crippen LogP contribution in [0.3, 0.4) is 0 Å². The van der Waals surface area contributed by atoms with E-state index >= 15 is 0 Å². The van der Waals surface area contributed by atoms with Crippen molar-refractivity contribution >= 4 is 5.97 Å². The topological polar surface area (TPSA) is 56.8 Å². The van der Waals surface area contributed by atoms with Gasteiger partial charge in [0, 0.05) is 20.3 Å².